The summed E-state index contributed by atoms with van der Waals surface area (Å²) in [6, 6.07) is 17.3. The van der Waals surface area contributed by atoms with E-state index in [9.17, 15) is 25.5 Å². The van der Waals surface area contributed by atoms with Crippen molar-refractivity contribution in [3.8, 4) is 46.0 Å². The van der Waals surface area contributed by atoms with Crippen LogP contribution in [0.5, 0.6) is 46.0 Å². The van der Waals surface area contributed by atoms with Crippen molar-refractivity contribution < 1.29 is 39.7 Å². The summed E-state index contributed by atoms with van der Waals surface area (Å²) < 4.78 is 17.4. The molecule has 0 amide bonds. The minimum absolute atomic E-state index is 0.0127. The van der Waals surface area contributed by atoms with Gasteiger partial charge in [0, 0.05) is 17.7 Å². The van der Waals surface area contributed by atoms with Crippen molar-refractivity contribution in [1.29, 1.82) is 0 Å². The first kappa shape index (κ1) is 24.7. The fraction of sp³-hybridized carbons (Fsp3) is 0.133. The van der Waals surface area contributed by atoms with Gasteiger partial charge in [-0.05, 0) is 70.8 Å². The molecule has 1 heterocycles. The summed E-state index contributed by atoms with van der Waals surface area (Å²) in [7, 11) is 2.99. The molecule has 4 aromatic carbocycles. The lowest BCUT2D eigenvalue weighted by molar-refractivity contribution is 0.213. The first-order chi connectivity index (χ1) is 18.2. The first-order valence-corrected chi connectivity index (χ1v) is 11.7. The smallest absolute Gasteiger partial charge is 0.166 e. The number of rotatable bonds is 6. The lowest BCUT2D eigenvalue weighted by atomic mass is 9.84. The van der Waals surface area contributed by atoms with Crippen molar-refractivity contribution in [1.82, 2.24) is 0 Å². The van der Waals surface area contributed by atoms with E-state index in [1.54, 1.807) is 36.4 Å². The molecule has 38 heavy (non-hydrogen) atoms. The van der Waals surface area contributed by atoms with Crippen molar-refractivity contribution in [2.75, 3.05) is 14.2 Å². The Morgan fingerprint density at radius 2 is 1.21 bits per heavy atom. The number of hydrogen-bond acceptors (Lipinski definition) is 8. The predicted molar refractivity (Wildman–Crippen MR) is 141 cm³/mol. The molecule has 2 atom stereocenters. The van der Waals surface area contributed by atoms with Crippen LogP contribution >= 0.6 is 0 Å². The molecule has 0 unspecified atom stereocenters. The average Bonchev–Trinajstić information content (AvgIpc) is 3.25. The molecule has 0 spiro atoms. The van der Waals surface area contributed by atoms with E-state index in [1.807, 2.05) is 12.1 Å². The summed E-state index contributed by atoms with van der Waals surface area (Å²) in [5.41, 5.74) is 3.43. The summed E-state index contributed by atoms with van der Waals surface area (Å²) in [6.45, 7) is 0. The third kappa shape index (κ3) is 4.71. The van der Waals surface area contributed by atoms with Gasteiger partial charge in [-0.1, -0.05) is 18.2 Å². The van der Waals surface area contributed by atoms with E-state index in [4.69, 9.17) is 14.2 Å². The zero-order chi connectivity index (χ0) is 27.0. The van der Waals surface area contributed by atoms with Crippen LogP contribution in [0.15, 0.2) is 66.7 Å². The number of benzene rings is 4. The average molecular weight is 515 g/mol. The van der Waals surface area contributed by atoms with Gasteiger partial charge < -0.3 is 39.7 Å². The van der Waals surface area contributed by atoms with Crippen LogP contribution in [0.4, 0.5) is 0 Å². The quantitative estimate of drug-likeness (QED) is 0.208. The minimum Gasteiger partial charge on any atom is -0.508 e. The van der Waals surface area contributed by atoms with Crippen LogP contribution in [0.25, 0.3) is 12.2 Å². The lowest BCUT2D eigenvalue weighted by Crippen LogP contribution is -2.11. The van der Waals surface area contributed by atoms with Gasteiger partial charge in [-0.15, -0.1) is 0 Å². The molecular formula is C30H26O8. The van der Waals surface area contributed by atoms with Crippen LogP contribution in [-0.4, -0.2) is 39.8 Å². The molecule has 1 aliphatic rings. The third-order valence-corrected chi connectivity index (χ3v) is 6.42. The number of fused-ring (bicyclic) bond motifs is 1. The van der Waals surface area contributed by atoms with Crippen molar-refractivity contribution in [3.63, 3.8) is 0 Å². The normalized spacial score (nSPS) is 16.3. The van der Waals surface area contributed by atoms with Gasteiger partial charge in [-0.25, -0.2) is 0 Å². The SMILES string of the molecule is COc1cc([C@H]2Oc3c(OC)cc(/C=C/c4cc(O)cc(O)c4)cc3[C@@H]2c2cc(O)cc(O)c2)ccc1O. The predicted octanol–water partition coefficient (Wildman–Crippen LogP) is 5.67. The molecule has 8 nitrogen and oxygen atoms in total. The van der Waals surface area contributed by atoms with Gasteiger partial charge in [0.15, 0.2) is 23.0 Å². The number of hydrogen-bond donors (Lipinski definition) is 5. The highest BCUT2D eigenvalue weighted by Gasteiger charge is 2.39. The highest BCUT2D eigenvalue weighted by atomic mass is 16.5. The number of phenolic OH excluding ortho intramolecular Hbond substituents is 5. The van der Waals surface area contributed by atoms with Crippen LogP contribution in [0, 0.1) is 0 Å². The largest absolute Gasteiger partial charge is 0.508 e. The second-order valence-corrected chi connectivity index (χ2v) is 8.99. The molecule has 5 rings (SSSR count). The Bertz CT molecular complexity index is 1500. The lowest BCUT2D eigenvalue weighted by Gasteiger charge is -2.21. The van der Waals surface area contributed by atoms with E-state index < -0.39 is 12.0 Å². The first-order valence-electron chi connectivity index (χ1n) is 11.7. The Labute approximate surface area is 218 Å². The van der Waals surface area contributed by atoms with Gasteiger partial charge in [0.1, 0.15) is 29.1 Å². The Morgan fingerprint density at radius 1 is 0.632 bits per heavy atom. The molecule has 0 radical (unpaired) electrons. The van der Waals surface area contributed by atoms with Gasteiger partial charge in [0.05, 0.1) is 20.1 Å². The highest BCUT2D eigenvalue weighted by molar-refractivity contribution is 5.74. The van der Waals surface area contributed by atoms with Crippen LogP contribution in [-0.2, 0) is 0 Å². The highest BCUT2D eigenvalue weighted by Crippen LogP contribution is 2.54. The van der Waals surface area contributed by atoms with E-state index in [-0.39, 0.29) is 34.5 Å². The third-order valence-electron chi connectivity index (χ3n) is 6.42. The summed E-state index contributed by atoms with van der Waals surface area (Å²) in [5.74, 6) is 0.480. The van der Waals surface area contributed by atoms with E-state index in [0.29, 0.717) is 28.2 Å². The number of ether oxygens (including phenoxy) is 3. The standard InChI is InChI=1S/C30H26O8/c1-36-26-13-18(5-6-25(26)35)29-28(19-11-22(33)15-23(34)12-19)24-9-17(10-27(37-2)30(24)38-29)4-3-16-7-20(31)14-21(32)8-16/h3-15,28-29,31-35H,1-2H3/b4-3+/t28-,29+/m0/s1. The summed E-state index contributed by atoms with van der Waals surface area (Å²) >= 11 is 0. The molecule has 194 valence electrons. The molecule has 0 bridgehead atoms. The van der Waals surface area contributed by atoms with Gasteiger partial charge in [-0.2, -0.15) is 0 Å². The van der Waals surface area contributed by atoms with Crippen molar-refractivity contribution >= 4 is 12.2 Å². The number of aromatic hydroxyl groups is 5. The fourth-order valence-electron chi connectivity index (χ4n) is 4.80. The molecular weight excluding hydrogens is 488 g/mol. The summed E-state index contributed by atoms with van der Waals surface area (Å²) in [6.07, 6.45) is 2.95. The van der Waals surface area contributed by atoms with E-state index in [1.165, 1.54) is 44.6 Å². The van der Waals surface area contributed by atoms with Crippen LogP contribution in [0.2, 0.25) is 0 Å². The maximum atomic E-state index is 10.3. The van der Waals surface area contributed by atoms with Gasteiger partial charge in [0.2, 0.25) is 0 Å². The van der Waals surface area contributed by atoms with Crippen LogP contribution in [0.3, 0.4) is 0 Å². The molecule has 0 fully saturated rings. The number of methoxy groups -OCH3 is 2. The maximum Gasteiger partial charge on any atom is 0.166 e. The fourth-order valence-corrected chi connectivity index (χ4v) is 4.80. The Hall–Kier alpha value is -4.98. The van der Waals surface area contributed by atoms with Gasteiger partial charge in [-0.3, -0.25) is 0 Å². The van der Waals surface area contributed by atoms with Crippen molar-refractivity contribution in [2.24, 2.45) is 0 Å². The van der Waals surface area contributed by atoms with Gasteiger partial charge in [0.25, 0.3) is 0 Å². The van der Waals surface area contributed by atoms with E-state index >= 15 is 0 Å². The minimum atomic E-state index is -0.600. The van der Waals surface area contributed by atoms with Crippen molar-refractivity contribution in [2.45, 2.75) is 12.0 Å². The molecule has 0 aliphatic carbocycles. The zero-order valence-electron chi connectivity index (χ0n) is 20.6. The molecule has 8 heteroatoms. The van der Waals surface area contributed by atoms with Crippen LogP contribution < -0.4 is 14.2 Å². The Kier molecular flexibility index (Phi) is 6.38. The molecule has 4 aromatic rings. The van der Waals surface area contributed by atoms with E-state index in [0.717, 1.165) is 11.1 Å². The summed E-state index contributed by atoms with van der Waals surface area (Å²) in [5, 5.41) is 50.2. The second-order valence-electron chi connectivity index (χ2n) is 8.99. The Balaban J connectivity index is 1.65. The van der Waals surface area contributed by atoms with E-state index in [2.05, 4.69) is 0 Å². The second kappa shape index (κ2) is 9.82. The monoisotopic (exact) mass is 514 g/mol. The van der Waals surface area contributed by atoms with Crippen LogP contribution in [0.1, 0.15) is 39.8 Å². The number of phenols is 5. The molecule has 0 aromatic heterocycles. The van der Waals surface area contributed by atoms with Crippen molar-refractivity contribution in [3.05, 3.63) is 94.5 Å². The maximum absolute atomic E-state index is 10.3. The molecule has 0 saturated carbocycles. The zero-order valence-corrected chi connectivity index (χ0v) is 20.6. The molecule has 1 aliphatic heterocycles. The Morgan fingerprint density at radius 3 is 1.82 bits per heavy atom. The molecule has 0 saturated heterocycles. The topological polar surface area (TPSA) is 129 Å². The van der Waals surface area contributed by atoms with Gasteiger partial charge >= 0.3 is 0 Å². The molecule has 5 N–H and O–H groups in total. The summed E-state index contributed by atoms with van der Waals surface area (Å²) in [4.78, 5) is 0.